The molecule has 1 amide bonds. The maximum absolute atomic E-state index is 13.0. The average molecular weight is 350 g/mol. The van der Waals surface area contributed by atoms with Crippen molar-refractivity contribution in [3.05, 3.63) is 70.7 Å². The first-order valence-corrected chi connectivity index (χ1v) is 8.91. The van der Waals surface area contributed by atoms with Crippen molar-refractivity contribution in [2.75, 3.05) is 6.26 Å². The molecule has 7 heteroatoms. The van der Waals surface area contributed by atoms with Gasteiger partial charge in [0.25, 0.3) is 5.91 Å². The van der Waals surface area contributed by atoms with Crippen LogP contribution in [-0.2, 0) is 4.79 Å². The maximum atomic E-state index is 13.0. The molecule has 2 aromatic carbocycles. The number of benzene rings is 2. The zero-order chi connectivity index (χ0) is 17.4. The van der Waals surface area contributed by atoms with Gasteiger partial charge in [0.1, 0.15) is 5.70 Å². The van der Waals surface area contributed by atoms with E-state index >= 15 is 0 Å². The molecule has 0 spiro atoms. The Morgan fingerprint density at radius 1 is 1.12 bits per heavy atom. The van der Waals surface area contributed by atoms with E-state index in [9.17, 15) is 9.59 Å². The van der Waals surface area contributed by atoms with Crippen molar-refractivity contribution in [2.45, 2.75) is 6.17 Å². The quantitative estimate of drug-likeness (QED) is 0.810. The molecule has 25 heavy (non-hydrogen) atoms. The number of thioether (sulfide) groups is 1. The molecular weight excluding hydrogens is 336 g/mol. The number of fused-ring (bicyclic) bond motifs is 2. The molecule has 124 valence electrons. The molecule has 1 atom stereocenters. The summed E-state index contributed by atoms with van der Waals surface area (Å²) in [5, 5.41) is 10.3. The maximum Gasteiger partial charge on any atom is 0.276 e. The van der Waals surface area contributed by atoms with E-state index in [1.807, 2.05) is 30.5 Å². The highest BCUT2D eigenvalue weighted by molar-refractivity contribution is 8.13. The van der Waals surface area contributed by atoms with Gasteiger partial charge in [-0.1, -0.05) is 60.3 Å². The standard InChI is InChI=1S/C18H14N4O2S/c1-25-18-20-17(24)14-12-9-5-6-10-13(12)19-16(22(14)21-18)15(23)11-7-3-2-4-8-11/h2-10,16H,1H3,(H,20,21,24)/t16-/m1/s1. The van der Waals surface area contributed by atoms with Gasteiger partial charge >= 0.3 is 0 Å². The van der Waals surface area contributed by atoms with E-state index in [0.717, 1.165) is 0 Å². The molecule has 0 radical (unpaired) electrons. The highest BCUT2D eigenvalue weighted by atomic mass is 32.2. The SMILES string of the molecule is CSC1=NN2C(=c3ccccc3=N[C@H]2C(=O)c2ccccc2)C(=O)N1. The van der Waals surface area contributed by atoms with Gasteiger partial charge in [-0.25, -0.2) is 10.0 Å². The van der Waals surface area contributed by atoms with Gasteiger partial charge in [0.15, 0.2) is 5.17 Å². The fourth-order valence-corrected chi connectivity index (χ4v) is 3.21. The molecule has 0 saturated heterocycles. The number of nitrogens with zero attached hydrogens (tertiary/aromatic N) is 3. The molecule has 0 unspecified atom stereocenters. The number of para-hydroxylation sites is 1. The summed E-state index contributed by atoms with van der Waals surface area (Å²) in [4.78, 5) is 30.2. The number of amides is 1. The molecule has 1 N–H and O–H groups in total. The zero-order valence-corrected chi connectivity index (χ0v) is 14.2. The van der Waals surface area contributed by atoms with Gasteiger partial charge in [0, 0.05) is 10.8 Å². The predicted molar refractivity (Wildman–Crippen MR) is 96.1 cm³/mol. The number of carbonyl (C=O) groups is 2. The number of rotatable bonds is 2. The van der Waals surface area contributed by atoms with Crippen molar-refractivity contribution in [3.63, 3.8) is 0 Å². The molecule has 2 aliphatic heterocycles. The number of hydrazone groups is 1. The average Bonchev–Trinajstić information content (AvgIpc) is 2.67. The number of hydrogen-bond acceptors (Lipinski definition) is 6. The van der Waals surface area contributed by atoms with Crippen molar-refractivity contribution in [1.29, 1.82) is 0 Å². The topological polar surface area (TPSA) is 74.1 Å². The van der Waals surface area contributed by atoms with E-state index in [-0.39, 0.29) is 11.7 Å². The number of Topliss-reactive ketones (excluding diaryl/α,β-unsaturated/α-hetero) is 1. The molecule has 4 rings (SSSR count). The summed E-state index contributed by atoms with van der Waals surface area (Å²) >= 11 is 1.31. The second-order valence-electron chi connectivity index (χ2n) is 5.51. The Morgan fingerprint density at radius 3 is 2.60 bits per heavy atom. The third kappa shape index (κ3) is 2.62. The van der Waals surface area contributed by atoms with E-state index in [2.05, 4.69) is 15.4 Å². The molecule has 2 aromatic rings. The first-order chi connectivity index (χ1) is 12.2. The van der Waals surface area contributed by atoms with Crippen LogP contribution in [0, 0.1) is 0 Å². The Balaban J connectivity index is 1.93. The molecule has 2 heterocycles. The van der Waals surface area contributed by atoms with Gasteiger partial charge < -0.3 is 0 Å². The van der Waals surface area contributed by atoms with Crippen molar-refractivity contribution in [1.82, 2.24) is 10.3 Å². The van der Waals surface area contributed by atoms with Gasteiger partial charge in [0.2, 0.25) is 11.9 Å². The van der Waals surface area contributed by atoms with Crippen LogP contribution in [0.3, 0.4) is 0 Å². The Hall–Kier alpha value is -2.93. The van der Waals surface area contributed by atoms with Crippen LogP contribution >= 0.6 is 11.8 Å². The highest BCUT2D eigenvalue weighted by Crippen LogP contribution is 2.22. The lowest BCUT2D eigenvalue weighted by Crippen LogP contribution is -2.54. The van der Waals surface area contributed by atoms with Crippen molar-refractivity contribution >= 4 is 34.3 Å². The summed E-state index contributed by atoms with van der Waals surface area (Å²) in [5.41, 5.74) is 0.875. The van der Waals surface area contributed by atoms with Gasteiger partial charge in [0.05, 0.1) is 5.36 Å². The summed E-state index contributed by atoms with van der Waals surface area (Å²) in [5.74, 6) is -0.487. The molecule has 2 aliphatic rings. The lowest BCUT2D eigenvalue weighted by Gasteiger charge is -2.32. The number of carbonyl (C=O) groups excluding carboxylic acids is 2. The molecular formula is C18H14N4O2S. The van der Waals surface area contributed by atoms with Gasteiger partial charge in [-0.05, 0) is 12.3 Å². The van der Waals surface area contributed by atoms with E-state index in [1.54, 1.807) is 30.3 Å². The summed E-state index contributed by atoms with van der Waals surface area (Å²) in [6.45, 7) is 0. The first-order valence-electron chi connectivity index (χ1n) is 7.68. The molecule has 0 saturated carbocycles. The third-order valence-electron chi connectivity index (χ3n) is 4.00. The molecule has 6 nitrogen and oxygen atoms in total. The number of amidine groups is 1. The normalized spacial score (nSPS) is 18.5. The molecule has 0 aliphatic carbocycles. The second kappa shape index (κ2) is 6.18. The van der Waals surface area contributed by atoms with Crippen molar-refractivity contribution < 1.29 is 9.59 Å². The number of nitrogens with one attached hydrogen (secondary N) is 1. The molecule has 0 fully saturated rings. The lowest BCUT2D eigenvalue weighted by molar-refractivity contribution is -0.115. The number of ketones is 1. The smallest absolute Gasteiger partial charge is 0.276 e. The molecule has 0 aromatic heterocycles. The highest BCUT2D eigenvalue weighted by Gasteiger charge is 2.37. The minimum atomic E-state index is -0.902. The Kier molecular flexibility index (Phi) is 3.85. The van der Waals surface area contributed by atoms with E-state index in [0.29, 0.717) is 27.0 Å². The third-order valence-corrected chi connectivity index (χ3v) is 4.57. The Labute approximate surface area is 147 Å². The largest absolute Gasteiger partial charge is 0.298 e. The lowest BCUT2D eigenvalue weighted by atomic mass is 10.1. The van der Waals surface area contributed by atoms with Crippen molar-refractivity contribution in [3.8, 4) is 0 Å². The van der Waals surface area contributed by atoms with Crippen LogP contribution in [0.5, 0.6) is 0 Å². The van der Waals surface area contributed by atoms with Gasteiger partial charge in [-0.15, -0.1) is 5.10 Å². The van der Waals surface area contributed by atoms with E-state index in [4.69, 9.17) is 0 Å². The zero-order valence-electron chi connectivity index (χ0n) is 13.3. The van der Waals surface area contributed by atoms with Crippen LogP contribution < -0.4 is 15.9 Å². The summed E-state index contributed by atoms with van der Waals surface area (Å²) in [7, 11) is 0. The van der Waals surface area contributed by atoms with E-state index in [1.165, 1.54) is 16.8 Å². The second-order valence-corrected chi connectivity index (χ2v) is 6.30. The van der Waals surface area contributed by atoms with Crippen LogP contribution in [0.25, 0.3) is 5.70 Å². The van der Waals surface area contributed by atoms with E-state index < -0.39 is 6.17 Å². The summed E-state index contributed by atoms with van der Waals surface area (Å²) < 4.78 is 0. The fourth-order valence-electron chi connectivity index (χ4n) is 2.84. The monoisotopic (exact) mass is 350 g/mol. The minimum Gasteiger partial charge on any atom is -0.298 e. The Bertz CT molecular complexity index is 1020. The van der Waals surface area contributed by atoms with Crippen LogP contribution in [0.15, 0.2) is 64.7 Å². The van der Waals surface area contributed by atoms with Gasteiger partial charge in [-0.3, -0.25) is 14.9 Å². The Morgan fingerprint density at radius 2 is 1.84 bits per heavy atom. The predicted octanol–water partition coefficient (Wildman–Crippen LogP) is 0.703. The molecule has 0 bridgehead atoms. The minimum absolute atomic E-state index is 0.202. The first kappa shape index (κ1) is 15.6. The summed E-state index contributed by atoms with van der Waals surface area (Å²) in [6.07, 6.45) is 0.910. The van der Waals surface area contributed by atoms with Crippen LogP contribution in [0.1, 0.15) is 10.4 Å². The summed E-state index contributed by atoms with van der Waals surface area (Å²) in [6, 6.07) is 16.2. The van der Waals surface area contributed by atoms with Crippen LogP contribution in [-0.4, -0.2) is 34.3 Å². The van der Waals surface area contributed by atoms with Crippen LogP contribution in [0.2, 0.25) is 0 Å². The van der Waals surface area contributed by atoms with Gasteiger partial charge in [-0.2, -0.15) is 0 Å². The number of hydrogen-bond donors (Lipinski definition) is 1. The van der Waals surface area contributed by atoms with Crippen LogP contribution in [0.4, 0.5) is 0 Å². The fraction of sp³-hybridized carbons (Fsp3) is 0.111. The van der Waals surface area contributed by atoms with Crippen molar-refractivity contribution in [2.24, 2.45) is 10.1 Å².